The topological polar surface area (TPSA) is 59.0 Å². The highest BCUT2D eigenvalue weighted by atomic mass is 16.2. The van der Waals surface area contributed by atoms with Gasteiger partial charge in [-0.15, -0.1) is 0 Å². The molecule has 66 valence electrons. The number of carbonyl (C=O) groups is 1. The molecule has 1 heterocycles. The molecule has 0 unspecified atom stereocenters. The number of hydrazine groups is 1. The Morgan fingerprint density at radius 2 is 2.50 bits per heavy atom. The second-order valence-corrected chi connectivity index (χ2v) is 2.29. The van der Waals surface area contributed by atoms with Crippen LogP contribution in [0.15, 0.2) is 12.4 Å². The first-order chi connectivity index (χ1) is 5.77. The summed E-state index contributed by atoms with van der Waals surface area (Å²) >= 11 is 0. The van der Waals surface area contributed by atoms with E-state index in [1.54, 1.807) is 17.9 Å². The summed E-state index contributed by atoms with van der Waals surface area (Å²) in [6.07, 6.45) is 3.24. The standard InChI is InChI=1S/C7H12N4O/c1-3-11-5-6(4-9-11)7(12)10-8-2/h4-5,8H,3H2,1-2H3,(H,10,12). The molecule has 0 spiro atoms. The van der Waals surface area contributed by atoms with Gasteiger partial charge in [-0.3, -0.25) is 14.9 Å². The molecule has 0 saturated carbocycles. The Morgan fingerprint density at radius 1 is 1.75 bits per heavy atom. The Labute approximate surface area is 70.7 Å². The summed E-state index contributed by atoms with van der Waals surface area (Å²) in [6, 6.07) is 0. The number of nitrogens with one attached hydrogen (secondary N) is 2. The molecular weight excluding hydrogens is 156 g/mol. The molecule has 0 bridgehead atoms. The van der Waals surface area contributed by atoms with Crippen molar-refractivity contribution in [2.45, 2.75) is 13.5 Å². The van der Waals surface area contributed by atoms with E-state index in [0.717, 1.165) is 6.54 Å². The maximum atomic E-state index is 11.1. The maximum Gasteiger partial charge on any atom is 0.268 e. The zero-order valence-electron chi connectivity index (χ0n) is 7.16. The van der Waals surface area contributed by atoms with E-state index in [2.05, 4.69) is 16.0 Å². The van der Waals surface area contributed by atoms with E-state index in [-0.39, 0.29) is 5.91 Å². The van der Waals surface area contributed by atoms with Crippen molar-refractivity contribution in [3.63, 3.8) is 0 Å². The predicted molar refractivity (Wildman–Crippen MR) is 44.4 cm³/mol. The highest BCUT2D eigenvalue weighted by Gasteiger charge is 2.05. The van der Waals surface area contributed by atoms with Gasteiger partial charge in [0.1, 0.15) is 0 Å². The van der Waals surface area contributed by atoms with Crippen LogP contribution in [0.25, 0.3) is 0 Å². The predicted octanol–water partition coefficient (Wildman–Crippen LogP) is -0.233. The van der Waals surface area contributed by atoms with Crippen LogP contribution in [0.5, 0.6) is 0 Å². The molecule has 0 aliphatic carbocycles. The summed E-state index contributed by atoms with van der Waals surface area (Å²) in [6.45, 7) is 2.74. The smallest absolute Gasteiger partial charge is 0.268 e. The van der Waals surface area contributed by atoms with Crippen molar-refractivity contribution in [2.24, 2.45) is 0 Å². The lowest BCUT2D eigenvalue weighted by Gasteiger charge is -1.97. The highest BCUT2D eigenvalue weighted by molar-refractivity contribution is 5.93. The fourth-order valence-corrected chi connectivity index (χ4v) is 0.839. The van der Waals surface area contributed by atoms with Crippen molar-refractivity contribution < 1.29 is 4.79 Å². The van der Waals surface area contributed by atoms with E-state index >= 15 is 0 Å². The Hall–Kier alpha value is -1.36. The normalized spacial score (nSPS) is 9.83. The molecule has 2 N–H and O–H groups in total. The third-order valence-electron chi connectivity index (χ3n) is 1.46. The molecule has 0 saturated heterocycles. The second-order valence-electron chi connectivity index (χ2n) is 2.29. The van der Waals surface area contributed by atoms with E-state index in [9.17, 15) is 4.79 Å². The van der Waals surface area contributed by atoms with Crippen LogP contribution in [0.1, 0.15) is 17.3 Å². The van der Waals surface area contributed by atoms with Gasteiger partial charge in [-0.25, -0.2) is 5.43 Å². The van der Waals surface area contributed by atoms with Gasteiger partial charge < -0.3 is 0 Å². The molecule has 0 atom stereocenters. The molecule has 12 heavy (non-hydrogen) atoms. The third-order valence-corrected chi connectivity index (χ3v) is 1.46. The summed E-state index contributed by atoms with van der Waals surface area (Å²) in [5.74, 6) is -0.169. The number of hydrogen-bond acceptors (Lipinski definition) is 3. The summed E-state index contributed by atoms with van der Waals surface area (Å²) in [5.41, 5.74) is 5.57. The van der Waals surface area contributed by atoms with Crippen LogP contribution >= 0.6 is 0 Å². The fraction of sp³-hybridized carbons (Fsp3) is 0.429. The van der Waals surface area contributed by atoms with Crippen LogP contribution in [0.2, 0.25) is 0 Å². The van der Waals surface area contributed by atoms with Crippen LogP contribution in [-0.2, 0) is 6.54 Å². The quantitative estimate of drug-likeness (QED) is 0.613. The minimum Gasteiger partial charge on any atom is -0.288 e. The van der Waals surface area contributed by atoms with Crippen molar-refractivity contribution in [3.05, 3.63) is 18.0 Å². The van der Waals surface area contributed by atoms with Crippen molar-refractivity contribution in [2.75, 3.05) is 7.05 Å². The fourth-order valence-electron chi connectivity index (χ4n) is 0.839. The van der Waals surface area contributed by atoms with E-state index in [4.69, 9.17) is 0 Å². The summed E-state index contributed by atoms with van der Waals surface area (Å²) in [4.78, 5) is 11.1. The Balaban J connectivity index is 2.68. The van der Waals surface area contributed by atoms with E-state index < -0.39 is 0 Å². The Morgan fingerprint density at radius 3 is 3.00 bits per heavy atom. The monoisotopic (exact) mass is 168 g/mol. The van der Waals surface area contributed by atoms with Crippen molar-refractivity contribution in [3.8, 4) is 0 Å². The van der Waals surface area contributed by atoms with Gasteiger partial charge in [0.05, 0.1) is 11.8 Å². The number of hydrogen-bond donors (Lipinski definition) is 2. The number of aryl methyl sites for hydroxylation is 1. The molecule has 1 amide bonds. The van der Waals surface area contributed by atoms with Gasteiger partial charge in [0.2, 0.25) is 0 Å². The van der Waals surface area contributed by atoms with Gasteiger partial charge >= 0.3 is 0 Å². The van der Waals surface area contributed by atoms with Crippen LogP contribution in [0.3, 0.4) is 0 Å². The summed E-state index contributed by atoms with van der Waals surface area (Å²) in [5, 5.41) is 3.97. The van der Waals surface area contributed by atoms with Gasteiger partial charge in [-0.1, -0.05) is 0 Å². The molecule has 1 aromatic heterocycles. The Bertz CT molecular complexity index is 268. The number of aromatic nitrogens is 2. The second kappa shape index (κ2) is 3.87. The summed E-state index contributed by atoms with van der Waals surface area (Å²) in [7, 11) is 1.64. The number of rotatable bonds is 3. The molecule has 0 radical (unpaired) electrons. The average molecular weight is 168 g/mol. The van der Waals surface area contributed by atoms with Gasteiger partial charge in [-0.2, -0.15) is 5.10 Å². The molecule has 5 nitrogen and oxygen atoms in total. The number of nitrogens with zero attached hydrogens (tertiary/aromatic N) is 2. The Kier molecular flexibility index (Phi) is 2.82. The molecule has 0 aromatic carbocycles. The van der Waals surface area contributed by atoms with Crippen molar-refractivity contribution in [1.29, 1.82) is 0 Å². The van der Waals surface area contributed by atoms with Gasteiger partial charge in [0, 0.05) is 19.8 Å². The molecule has 0 aliphatic rings. The zero-order chi connectivity index (χ0) is 8.97. The zero-order valence-corrected chi connectivity index (χ0v) is 7.16. The van der Waals surface area contributed by atoms with E-state index in [1.807, 2.05) is 6.92 Å². The summed E-state index contributed by atoms with van der Waals surface area (Å²) < 4.78 is 1.70. The lowest BCUT2D eigenvalue weighted by molar-refractivity contribution is 0.0938. The van der Waals surface area contributed by atoms with E-state index in [1.165, 1.54) is 6.20 Å². The van der Waals surface area contributed by atoms with E-state index in [0.29, 0.717) is 5.56 Å². The SMILES string of the molecule is CCn1cc(C(=O)NNC)cn1. The van der Waals surface area contributed by atoms with Crippen molar-refractivity contribution >= 4 is 5.91 Å². The molecule has 1 rings (SSSR count). The third kappa shape index (κ3) is 1.82. The maximum absolute atomic E-state index is 11.1. The molecule has 1 aromatic rings. The van der Waals surface area contributed by atoms with Gasteiger partial charge in [0.15, 0.2) is 0 Å². The number of amides is 1. The lowest BCUT2D eigenvalue weighted by atomic mass is 10.3. The average Bonchev–Trinajstić information content (AvgIpc) is 2.52. The first-order valence-electron chi connectivity index (χ1n) is 3.77. The minimum absolute atomic E-state index is 0.169. The molecular formula is C7H12N4O. The minimum atomic E-state index is -0.169. The van der Waals surface area contributed by atoms with Gasteiger partial charge in [0.25, 0.3) is 5.91 Å². The first-order valence-corrected chi connectivity index (χ1v) is 3.77. The lowest BCUT2D eigenvalue weighted by Crippen LogP contribution is -2.33. The highest BCUT2D eigenvalue weighted by Crippen LogP contribution is 1.95. The van der Waals surface area contributed by atoms with Crippen molar-refractivity contribution in [1.82, 2.24) is 20.6 Å². The molecule has 5 heteroatoms. The molecule has 0 fully saturated rings. The first kappa shape index (κ1) is 8.73. The van der Waals surface area contributed by atoms with Crippen LogP contribution < -0.4 is 10.9 Å². The largest absolute Gasteiger partial charge is 0.288 e. The van der Waals surface area contributed by atoms with Crippen LogP contribution in [0.4, 0.5) is 0 Å². The van der Waals surface area contributed by atoms with Crippen LogP contribution in [-0.4, -0.2) is 22.7 Å². The van der Waals surface area contributed by atoms with Gasteiger partial charge in [-0.05, 0) is 6.92 Å². The van der Waals surface area contributed by atoms with Crippen LogP contribution in [0, 0.1) is 0 Å². The number of carbonyl (C=O) groups excluding carboxylic acids is 1. The molecule has 0 aliphatic heterocycles.